The molecule has 0 radical (unpaired) electrons. The van der Waals surface area contributed by atoms with Crippen LogP contribution in [-0.2, 0) is 6.54 Å². The molecule has 0 unspecified atom stereocenters. The molecule has 2 aliphatic rings. The Bertz CT molecular complexity index is 361. The molecule has 1 aromatic rings. The summed E-state index contributed by atoms with van der Waals surface area (Å²) < 4.78 is 0. The lowest BCUT2D eigenvalue weighted by Crippen LogP contribution is -2.48. The molecule has 2 aliphatic heterocycles. The monoisotopic (exact) mass is 202 g/mol. The van der Waals surface area contributed by atoms with Crippen molar-refractivity contribution in [3.63, 3.8) is 0 Å². The molecule has 2 heterocycles. The van der Waals surface area contributed by atoms with Crippen LogP contribution in [0, 0.1) is 0 Å². The topological polar surface area (TPSA) is 29.3 Å². The lowest BCUT2D eigenvalue weighted by atomic mass is 9.85. The van der Waals surface area contributed by atoms with E-state index in [0.29, 0.717) is 6.04 Å². The molecular weight excluding hydrogens is 184 g/mol. The third-order valence-electron chi connectivity index (χ3n) is 3.87. The van der Waals surface area contributed by atoms with Crippen LogP contribution in [0.25, 0.3) is 0 Å². The summed E-state index contributed by atoms with van der Waals surface area (Å²) in [6, 6.07) is 9.47. The Labute approximate surface area is 91.1 Å². The van der Waals surface area contributed by atoms with Crippen LogP contribution >= 0.6 is 0 Å². The number of fused-ring (bicyclic) bond motifs is 2. The Hall–Kier alpha value is -0.860. The molecule has 0 saturated carbocycles. The standard InChI is InChI=1S/C13H18N2/c14-13-11-6-2-1-5-10(11)9-15-8-4-3-7-12(13)15/h1-2,5-6,12-13H,3-4,7-9,14H2/t12-,13+/m0/s1. The zero-order valence-corrected chi connectivity index (χ0v) is 9.02. The Morgan fingerprint density at radius 3 is 3.00 bits per heavy atom. The van der Waals surface area contributed by atoms with Crippen molar-refractivity contribution >= 4 is 0 Å². The summed E-state index contributed by atoms with van der Waals surface area (Å²) in [6.07, 6.45) is 3.96. The van der Waals surface area contributed by atoms with Crippen LogP contribution in [0.1, 0.15) is 36.4 Å². The van der Waals surface area contributed by atoms with Crippen molar-refractivity contribution in [2.45, 2.75) is 37.9 Å². The first kappa shape index (κ1) is 9.37. The Balaban J connectivity index is 1.98. The van der Waals surface area contributed by atoms with E-state index in [1.165, 1.54) is 36.9 Å². The quantitative estimate of drug-likeness (QED) is 0.697. The van der Waals surface area contributed by atoms with Gasteiger partial charge >= 0.3 is 0 Å². The molecule has 2 heteroatoms. The molecule has 0 bridgehead atoms. The Morgan fingerprint density at radius 1 is 1.20 bits per heavy atom. The van der Waals surface area contributed by atoms with Crippen molar-refractivity contribution in [2.75, 3.05) is 6.54 Å². The van der Waals surface area contributed by atoms with E-state index in [2.05, 4.69) is 29.2 Å². The molecule has 1 saturated heterocycles. The number of benzene rings is 1. The average molecular weight is 202 g/mol. The molecule has 0 amide bonds. The highest BCUT2D eigenvalue weighted by atomic mass is 15.2. The lowest BCUT2D eigenvalue weighted by Gasteiger charge is -2.43. The summed E-state index contributed by atoms with van der Waals surface area (Å²) >= 11 is 0. The maximum Gasteiger partial charge on any atom is 0.0456 e. The lowest BCUT2D eigenvalue weighted by molar-refractivity contribution is 0.105. The van der Waals surface area contributed by atoms with E-state index in [-0.39, 0.29) is 6.04 Å². The smallest absolute Gasteiger partial charge is 0.0456 e. The van der Waals surface area contributed by atoms with Crippen LogP contribution in [0.15, 0.2) is 24.3 Å². The van der Waals surface area contributed by atoms with Gasteiger partial charge in [0.05, 0.1) is 0 Å². The van der Waals surface area contributed by atoms with Gasteiger partial charge in [0.25, 0.3) is 0 Å². The summed E-state index contributed by atoms with van der Waals surface area (Å²) in [7, 11) is 0. The van der Waals surface area contributed by atoms with Gasteiger partial charge in [-0.25, -0.2) is 0 Å². The van der Waals surface area contributed by atoms with E-state index in [0.717, 1.165) is 6.54 Å². The third-order valence-corrected chi connectivity index (χ3v) is 3.87. The van der Waals surface area contributed by atoms with E-state index in [1.54, 1.807) is 0 Å². The van der Waals surface area contributed by atoms with Gasteiger partial charge in [-0.3, -0.25) is 4.90 Å². The minimum atomic E-state index is 0.232. The molecule has 1 fully saturated rings. The van der Waals surface area contributed by atoms with Crippen LogP contribution in [0.4, 0.5) is 0 Å². The molecular formula is C13H18N2. The van der Waals surface area contributed by atoms with Crippen molar-refractivity contribution < 1.29 is 0 Å². The second kappa shape index (κ2) is 3.62. The minimum Gasteiger partial charge on any atom is -0.323 e. The van der Waals surface area contributed by atoms with Crippen LogP contribution in [0.2, 0.25) is 0 Å². The van der Waals surface area contributed by atoms with Crippen LogP contribution in [0.3, 0.4) is 0 Å². The van der Waals surface area contributed by atoms with Gasteiger partial charge < -0.3 is 5.73 Å². The molecule has 2 N–H and O–H groups in total. The van der Waals surface area contributed by atoms with Gasteiger partial charge in [0.2, 0.25) is 0 Å². The normalized spacial score (nSPS) is 30.7. The average Bonchev–Trinajstić information content (AvgIpc) is 2.30. The molecule has 0 aliphatic carbocycles. The highest BCUT2D eigenvalue weighted by molar-refractivity contribution is 5.33. The summed E-state index contributed by atoms with van der Waals surface area (Å²) in [4.78, 5) is 2.57. The van der Waals surface area contributed by atoms with Crippen molar-refractivity contribution in [2.24, 2.45) is 5.73 Å². The maximum absolute atomic E-state index is 6.36. The van der Waals surface area contributed by atoms with Crippen LogP contribution in [0.5, 0.6) is 0 Å². The molecule has 0 spiro atoms. The fraction of sp³-hybridized carbons (Fsp3) is 0.538. The molecule has 2 atom stereocenters. The fourth-order valence-electron chi connectivity index (χ4n) is 3.05. The molecule has 80 valence electrons. The van der Waals surface area contributed by atoms with Crippen molar-refractivity contribution in [3.05, 3.63) is 35.4 Å². The van der Waals surface area contributed by atoms with Gasteiger partial charge in [-0.1, -0.05) is 30.7 Å². The number of piperidine rings is 1. The summed E-state index contributed by atoms with van der Waals surface area (Å²) in [5, 5.41) is 0. The Morgan fingerprint density at radius 2 is 2.07 bits per heavy atom. The number of nitrogens with zero attached hydrogens (tertiary/aromatic N) is 1. The number of hydrogen-bond acceptors (Lipinski definition) is 2. The van der Waals surface area contributed by atoms with E-state index >= 15 is 0 Å². The largest absolute Gasteiger partial charge is 0.323 e. The first-order valence-electron chi connectivity index (χ1n) is 5.94. The summed E-state index contributed by atoms with van der Waals surface area (Å²) in [5.41, 5.74) is 9.17. The van der Waals surface area contributed by atoms with E-state index < -0.39 is 0 Å². The highest BCUT2D eigenvalue weighted by Gasteiger charge is 2.33. The number of rotatable bonds is 0. The minimum absolute atomic E-state index is 0.232. The second-order valence-electron chi connectivity index (χ2n) is 4.76. The van der Waals surface area contributed by atoms with Crippen molar-refractivity contribution in [3.8, 4) is 0 Å². The van der Waals surface area contributed by atoms with E-state index in [9.17, 15) is 0 Å². The van der Waals surface area contributed by atoms with Crippen LogP contribution < -0.4 is 5.73 Å². The van der Waals surface area contributed by atoms with Gasteiger partial charge in [0.1, 0.15) is 0 Å². The SMILES string of the molecule is N[C@@H]1c2ccccc2CN2CCCC[C@@H]12. The number of hydrogen-bond donors (Lipinski definition) is 1. The Kier molecular flexibility index (Phi) is 2.26. The predicted molar refractivity (Wildman–Crippen MR) is 61.4 cm³/mol. The molecule has 0 aromatic heterocycles. The van der Waals surface area contributed by atoms with Crippen LogP contribution in [-0.4, -0.2) is 17.5 Å². The maximum atomic E-state index is 6.36. The third kappa shape index (κ3) is 1.48. The zero-order chi connectivity index (χ0) is 10.3. The molecule has 1 aromatic carbocycles. The van der Waals surface area contributed by atoms with Crippen molar-refractivity contribution in [1.29, 1.82) is 0 Å². The van der Waals surface area contributed by atoms with Crippen molar-refractivity contribution in [1.82, 2.24) is 4.90 Å². The fourth-order valence-corrected chi connectivity index (χ4v) is 3.05. The van der Waals surface area contributed by atoms with Gasteiger partial charge in [0, 0.05) is 18.6 Å². The first-order chi connectivity index (χ1) is 7.36. The molecule has 2 nitrogen and oxygen atoms in total. The van der Waals surface area contributed by atoms with Gasteiger partial charge in [0.15, 0.2) is 0 Å². The van der Waals surface area contributed by atoms with Gasteiger partial charge in [-0.05, 0) is 30.5 Å². The zero-order valence-electron chi connectivity index (χ0n) is 9.02. The highest BCUT2D eigenvalue weighted by Crippen LogP contribution is 2.34. The molecule has 15 heavy (non-hydrogen) atoms. The van der Waals surface area contributed by atoms with Gasteiger partial charge in [-0.15, -0.1) is 0 Å². The van der Waals surface area contributed by atoms with E-state index in [1.807, 2.05) is 0 Å². The summed E-state index contributed by atoms with van der Waals surface area (Å²) in [6.45, 7) is 2.33. The second-order valence-corrected chi connectivity index (χ2v) is 4.76. The van der Waals surface area contributed by atoms with E-state index in [4.69, 9.17) is 5.73 Å². The molecule has 3 rings (SSSR count). The number of nitrogens with two attached hydrogens (primary N) is 1. The summed E-state index contributed by atoms with van der Waals surface area (Å²) in [5.74, 6) is 0. The van der Waals surface area contributed by atoms with Gasteiger partial charge in [-0.2, -0.15) is 0 Å². The first-order valence-corrected chi connectivity index (χ1v) is 5.94. The predicted octanol–water partition coefficient (Wildman–Crippen LogP) is 2.05.